The molecule has 0 bridgehead atoms. The van der Waals surface area contributed by atoms with Gasteiger partial charge in [0.2, 0.25) is 0 Å². The molecule has 1 N–H and O–H groups in total. The van der Waals surface area contributed by atoms with Crippen LogP contribution in [0.2, 0.25) is 0 Å². The van der Waals surface area contributed by atoms with Crippen LogP contribution in [0.15, 0.2) is 18.2 Å². The highest BCUT2D eigenvalue weighted by molar-refractivity contribution is 5.82. The first-order chi connectivity index (χ1) is 8.69. The van der Waals surface area contributed by atoms with Gasteiger partial charge in [0.15, 0.2) is 0 Å². The Bertz CT molecular complexity index is 423. The van der Waals surface area contributed by atoms with E-state index in [0.29, 0.717) is 24.7 Å². The fourth-order valence-electron chi connectivity index (χ4n) is 2.54. The van der Waals surface area contributed by atoms with Crippen LogP contribution in [0.1, 0.15) is 30.4 Å². The van der Waals surface area contributed by atoms with E-state index in [1.807, 2.05) is 25.1 Å². The standard InChI is InChI=1S/C15H21NO2/c1-11-5-6-15(18-2)12(8-11)9-14(17)10-13-4-3-7-16-13/h5-6,8,13,16H,3-4,7,9-10H2,1-2H3. The van der Waals surface area contributed by atoms with Gasteiger partial charge in [0, 0.05) is 24.4 Å². The molecule has 0 aromatic heterocycles. The number of Topliss-reactive ketones (excluding diaryl/α,β-unsaturated/α-hetero) is 1. The minimum absolute atomic E-state index is 0.290. The summed E-state index contributed by atoms with van der Waals surface area (Å²) in [6.07, 6.45) is 3.42. The Morgan fingerprint density at radius 2 is 2.33 bits per heavy atom. The van der Waals surface area contributed by atoms with E-state index < -0.39 is 0 Å². The molecule has 1 aromatic rings. The summed E-state index contributed by atoms with van der Waals surface area (Å²) in [6, 6.07) is 6.36. The quantitative estimate of drug-likeness (QED) is 0.867. The molecule has 0 aliphatic carbocycles. The van der Waals surface area contributed by atoms with Crippen molar-refractivity contribution >= 4 is 5.78 Å². The molecule has 1 aromatic carbocycles. The Morgan fingerprint density at radius 3 is 3.00 bits per heavy atom. The van der Waals surface area contributed by atoms with Gasteiger partial charge in [0.05, 0.1) is 7.11 Å². The number of methoxy groups -OCH3 is 1. The molecular formula is C15H21NO2. The van der Waals surface area contributed by atoms with Crippen LogP contribution < -0.4 is 10.1 Å². The topological polar surface area (TPSA) is 38.3 Å². The third-order valence-electron chi connectivity index (χ3n) is 3.46. The van der Waals surface area contributed by atoms with E-state index in [4.69, 9.17) is 4.74 Å². The van der Waals surface area contributed by atoms with Gasteiger partial charge in [-0.05, 0) is 32.4 Å². The summed E-state index contributed by atoms with van der Waals surface area (Å²) in [6.45, 7) is 3.08. The van der Waals surface area contributed by atoms with E-state index in [-0.39, 0.29) is 0 Å². The third-order valence-corrected chi connectivity index (χ3v) is 3.46. The molecule has 1 aliphatic heterocycles. The zero-order chi connectivity index (χ0) is 13.0. The number of ether oxygens (including phenoxy) is 1. The van der Waals surface area contributed by atoms with E-state index >= 15 is 0 Å². The monoisotopic (exact) mass is 247 g/mol. The molecule has 2 rings (SSSR count). The Labute approximate surface area is 109 Å². The first-order valence-electron chi connectivity index (χ1n) is 6.57. The lowest BCUT2D eigenvalue weighted by Crippen LogP contribution is -2.25. The van der Waals surface area contributed by atoms with Crippen LogP contribution in [0, 0.1) is 6.92 Å². The second-order valence-electron chi connectivity index (χ2n) is 5.03. The number of ketones is 1. The molecule has 1 unspecified atom stereocenters. The lowest BCUT2D eigenvalue weighted by molar-refractivity contribution is -0.118. The largest absolute Gasteiger partial charge is 0.496 e. The van der Waals surface area contributed by atoms with Crippen molar-refractivity contribution in [3.05, 3.63) is 29.3 Å². The number of rotatable bonds is 5. The van der Waals surface area contributed by atoms with Gasteiger partial charge < -0.3 is 10.1 Å². The number of carbonyl (C=O) groups is 1. The smallest absolute Gasteiger partial charge is 0.138 e. The lowest BCUT2D eigenvalue weighted by atomic mass is 10.0. The van der Waals surface area contributed by atoms with Crippen LogP contribution in [0.5, 0.6) is 5.75 Å². The molecule has 0 radical (unpaired) electrons. The van der Waals surface area contributed by atoms with E-state index in [1.165, 1.54) is 6.42 Å². The molecule has 1 heterocycles. The normalized spacial score (nSPS) is 18.9. The van der Waals surface area contributed by atoms with Crippen molar-refractivity contribution in [2.45, 2.75) is 38.6 Å². The lowest BCUT2D eigenvalue weighted by Gasteiger charge is -2.11. The van der Waals surface area contributed by atoms with Crippen LogP contribution in [0.4, 0.5) is 0 Å². The molecule has 1 aliphatic rings. The third kappa shape index (κ3) is 3.33. The zero-order valence-electron chi connectivity index (χ0n) is 11.2. The highest BCUT2D eigenvalue weighted by Gasteiger charge is 2.18. The van der Waals surface area contributed by atoms with E-state index in [2.05, 4.69) is 5.32 Å². The van der Waals surface area contributed by atoms with Crippen molar-refractivity contribution in [2.75, 3.05) is 13.7 Å². The number of hydrogen-bond acceptors (Lipinski definition) is 3. The highest BCUT2D eigenvalue weighted by Crippen LogP contribution is 2.21. The summed E-state index contributed by atoms with van der Waals surface area (Å²) in [7, 11) is 1.65. The fraction of sp³-hybridized carbons (Fsp3) is 0.533. The van der Waals surface area contributed by atoms with Crippen molar-refractivity contribution in [2.24, 2.45) is 0 Å². The van der Waals surface area contributed by atoms with E-state index in [1.54, 1.807) is 7.11 Å². The van der Waals surface area contributed by atoms with Gasteiger partial charge in [-0.3, -0.25) is 4.79 Å². The Morgan fingerprint density at radius 1 is 1.50 bits per heavy atom. The molecule has 0 amide bonds. The highest BCUT2D eigenvalue weighted by atomic mass is 16.5. The summed E-state index contributed by atoms with van der Waals surface area (Å²) >= 11 is 0. The molecule has 3 heteroatoms. The van der Waals surface area contributed by atoms with Crippen molar-refractivity contribution < 1.29 is 9.53 Å². The van der Waals surface area contributed by atoms with E-state index in [0.717, 1.165) is 29.8 Å². The molecule has 3 nitrogen and oxygen atoms in total. The van der Waals surface area contributed by atoms with Gasteiger partial charge in [-0.15, -0.1) is 0 Å². The maximum absolute atomic E-state index is 12.1. The van der Waals surface area contributed by atoms with Crippen LogP contribution in [0.25, 0.3) is 0 Å². The van der Waals surface area contributed by atoms with Gasteiger partial charge in [-0.25, -0.2) is 0 Å². The molecule has 0 spiro atoms. The number of carbonyl (C=O) groups excluding carboxylic acids is 1. The summed E-state index contributed by atoms with van der Waals surface area (Å²) in [5.74, 6) is 1.10. The van der Waals surface area contributed by atoms with Gasteiger partial charge >= 0.3 is 0 Å². The van der Waals surface area contributed by atoms with Gasteiger partial charge in [0.1, 0.15) is 11.5 Å². The number of nitrogens with one attached hydrogen (secondary N) is 1. The number of benzene rings is 1. The maximum atomic E-state index is 12.1. The summed E-state index contributed by atoms with van der Waals surface area (Å²) in [5.41, 5.74) is 2.16. The molecule has 98 valence electrons. The average molecular weight is 247 g/mol. The molecule has 1 atom stereocenters. The number of aryl methyl sites for hydroxylation is 1. The number of hydrogen-bond donors (Lipinski definition) is 1. The molecule has 18 heavy (non-hydrogen) atoms. The van der Waals surface area contributed by atoms with Crippen molar-refractivity contribution in [1.82, 2.24) is 5.32 Å². The van der Waals surface area contributed by atoms with Gasteiger partial charge in [-0.1, -0.05) is 17.7 Å². The zero-order valence-corrected chi connectivity index (χ0v) is 11.2. The summed E-state index contributed by atoms with van der Waals surface area (Å²) in [4.78, 5) is 12.1. The Balaban J connectivity index is 1.99. The van der Waals surface area contributed by atoms with Gasteiger partial charge in [-0.2, -0.15) is 0 Å². The molecular weight excluding hydrogens is 226 g/mol. The van der Waals surface area contributed by atoms with Crippen LogP contribution in [0.3, 0.4) is 0 Å². The summed E-state index contributed by atoms with van der Waals surface area (Å²) in [5, 5.41) is 3.36. The molecule has 1 fully saturated rings. The van der Waals surface area contributed by atoms with Crippen LogP contribution in [-0.4, -0.2) is 25.5 Å². The maximum Gasteiger partial charge on any atom is 0.138 e. The van der Waals surface area contributed by atoms with Gasteiger partial charge in [0.25, 0.3) is 0 Å². The molecule has 1 saturated heterocycles. The Hall–Kier alpha value is -1.35. The summed E-state index contributed by atoms with van der Waals surface area (Å²) < 4.78 is 5.30. The SMILES string of the molecule is COc1ccc(C)cc1CC(=O)CC1CCCN1. The first kappa shape index (κ1) is 13.1. The predicted octanol–water partition coefficient (Wildman–Crippen LogP) is 2.26. The molecule has 0 saturated carbocycles. The second kappa shape index (κ2) is 6.01. The second-order valence-corrected chi connectivity index (χ2v) is 5.03. The van der Waals surface area contributed by atoms with Crippen molar-refractivity contribution in [3.8, 4) is 5.75 Å². The predicted molar refractivity (Wildman–Crippen MR) is 72.1 cm³/mol. The van der Waals surface area contributed by atoms with Crippen molar-refractivity contribution in [3.63, 3.8) is 0 Å². The average Bonchev–Trinajstić information content (AvgIpc) is 2.82. The first-order valence-corrected chi connectivity index (χ1v) is 6.57. The fourth-order valence-corrected chi connectivity index (χ4v) is 2.54. The van der Waals surface area contributed by atoms with Crippen LogP contribution in [-0.2, 0) is 11.2 Å². The van der Waals surface area contributed by atoms with E-state index in [9.17, 15) is 4.79 Å². The minimum Gasteiger partial charge on any atom is -0.496 e. The Kier molecular flexibility index (Phi) is 4.37. The minimum atomic E-state index is 0.290. The van der Waals surface area contributed by atoms with Crippen molar-refractivity contribution in [1.29, 1.82) is 0 Å². The van der Waals surface area contributed by atoms with Crippen LogP contribution >= 0.6 is 0 Å².